The van der Waals surface area contributed by atoms with Crippen LogP contribution < -0.4 is 0 Å². The standard InChI is InChI=1S/C27H41NO4/c1-7-22-12-13-23-20(9-8-14-26(22,23)5)10-11-21-15-27(31,16-24(29)19(21)4)32-17-25(30)28(6)18(2)3/h10-12,18,23-24,29,31H,4,7-9,13-17H2,1-3,5-6H3/t23-,24-,26+,27-/m0/s1. The van der Waals surface area contributed by atoms with E-state index < -0.39 is 11.9 Å². The van der Waals surface area contributed by atoms with E-state index >= 15 is 0 Å². The predicted molar refractivity (Wildman–Crippen MR) is 128 cm³/mol. The van der Waals surface area contributed by atoms with Gasteiger partial charge in [-0.25, -0.2) is 0 Å². The van der Waals surface area contributed by atoms with Crippen LogP contribution in [0.15, 0.2) is 47.1 Å². The summed E-state index contributed by atoms with van der Waals surface area (Å²) in [5.74, 6) is -1.24. The van der Waals surface area contributed by atoms with Crippen molar-refractivity contribution in [2.24, 2.45) is 11.3 Å². The maximum absolute atomic E-state index is 12.3. The van der Waals surface area contributed by atoms with E-state index in [2.05, 4.69) is 32.6 Å². The second-order valence-corrected chi connectivity index (χ2v) is 10.3. The van der Waals surface area contributed by atoms with Crippen LogP contribution in [0.25, 0.3) is 0 Å². The minimum Gasteiger partial charge on any atom is -0.388 e. The van der Waals surface area contributed by atoms with E-state index in [1.54, 1.807) is 17.5 Å². The van der Waals surface area contributed by atoms with E-state index in [9.17, 15) is 15.0 Å². The van der Waals surface area contributed by atoms with E-state index in [0.717, 1.165) is 24.8 Å². The van der Waals surface area contributed by atoms with Crippen molar-refractivity contribution in [3.8, 4) is 0 Å². The summed E-state index contributed by atoms with van der Waals surface area (Å²) in [6.07, 6.45) is 11.7. The molecule has 3 aliphatic rings. The van der Waals surface area contributed by atoms with Crippen molar-refractivity contribution in [2.45, 2.75) is 90.6 Å². The predicted octanol–water partition coefficient (Wildman–Crippen LogP) is 4.67. The molecule has 178 valence electrons. The minimum absolute atomic E-state index is 0.0168. The fourth-order valence-electron chi connectivity index (χ4n) is 5.65. The van der Waals surface area contributed by atoms with Gasteiger partial charge in [0, 0.05) is 25.9 Å². The van der Waals surface area contributed by atoms with Crippen molar-refractivity contribution < 1.29 is 19.7 Å². The molecule has 5 heteroatoms. The number of amides is 1. The lowest BCUT2D eigenvalue weighted by Gasteiger charge is -2.41. The molecule has 3 aliphatic carbocycles. The molecule has 0 saturated heterocycles. The van der Waals surface area contributed by atoms with E-state index in [1.807, 2.05) is 19.9 Å². The molecule has 1 amide bonds. The third-order valence-corrected chi connectivity index (χ3v) is 8.02. The Morgan fingerprint density at radius 3 is 2.78 bits per heavy atom. The zero-order valence-electron chi connectivity index (χ0n) is 20.5. The molecule has 0 aromatic rings. The van der Waals surface area contributed by atoms with Crippen LogP contribution >= 0.6 is 0 Å². The second kappa shape index (κ2) is 9.66. The SMILES string of the molecule is C=C1C(=CC=C2CCC[C@]3(C)C(CC)=CC[C@@H]23)C[C@](O)(OCC(=O)N(C)C(C)C)C[C@@H]1O. The number of carbonyl (C=O) groups excluding carboxylic acids is 1. The van der Waals surface area contributed by atoms with Gasteiger partial charge in [0.25, 0.3) is 0 Å². The minimum atomic E-state index is -1.58. The van der Waals surface area contributed by atoms with Crippen LogP contribution in [0.5, 0.6) is 0 Å². The van der Waals surface area contributed by atoms with Gasteiger partial charge in [-0.1, -0.05) is 49.8 Å². The summed E-state index contributed by atoms with van der Waals surface area (Å²) in [4.78, 5) is 13.9. The number of ether oxygens (including phenoxy) is 1. The summed E-state index contributed by atoms with van der Waals surface area (Å²) in [6.45, 7) is 12.3. The zero-order valence-corrected chi connectivity index (χ0v) is 20.5. The lowest BCUT2D eigenvalue weighted by atomic mass is 9.64. The molecule has 0 aromatic heterocycles. The Morgan fingerprint density at radius 1 is 1.41 bits per heavy atom. The number of nitrogens with zero attached hydrogens (tertiary/aromatic N) is 1. The van der Waals surface area contributed by atoms with Crippen LogP contribution in [0.2, 0.25) is 0 Å². The van der Waals surface area contributed by atoms with Crippen LogP contribution in [-0.4, -0.2) is 52.6 Å². The summed E-state index contributed by atoms with van der Waals surface area (Å²) < 4.78 is 5.65. The number of allylic oxidation sites excluding steroid dienone is 5. The van der Waals surface area contributed by atoms with Gasteiger partial charge < -0.3 is 19.8 Å². The highest BCUT2D eigenvalue weighted by atomic mass is 16.6. The Labute approximate surface area is 193 Å². The van der Waals surface area contributed by atoms with Gasteiger partial charge in [0.05, 0.1) is 6.10 Å². The number of carbonyl (C=O) groups is 1. The Balaban J connectivity index is 1.75. The largest absolute Gasteiger partial charge is 0.388 e. The molecule has 32 heavy (non-hydrogen) atoms. The van der Waals surface area contributed by atoms with Gasteiger partial charge in [-0.05, 0) is 68.4 Å². The zero-order chi connectivity index (χ0) is 23.7. The number of rotatable bonds is 6. The topological polar surface area (TPSA) is 70.0 Å². The highest BCUT2D eigenvalue weighted by Crippen LogP contribution is 2.55. The fraction of sp³-hybridized carbons (Fsp3) is 0.667. The van der Waals surface area contributed by atoms with Gasteiger partial charge in [-0.15, -0.1) is 0 Å². The van der Waals surface area contributed by atoms with Gasteiger partial charge >= 0.3 is 0 Å². The van der Waals surface area contributed by atoms with Crippen LogP contribution in [0.3, 0.4) is 0 Å². The second-order valence-electron chi connectivity index (χ2n) is 10.3. The number of likely N-dealkylation sites (N-methyl/N-ethyl adjacent to an activating group) is 1. The van der Waals surface area contributed by atoms with Crippen molar-refractivity contribution in [2.75, 3.05) is 13.7 Å². The first kappa shape index (κ1) is 24.9. The summed E-state index contributed by atoms with van der Waals surface area (Å²) in [6, 6.07) is 0.0547. The van der Waals surface area contributed by atoms with E-state index in [0.29, 0.717) is 11.5 Å². The number of hydrogen-bond acceptors (Lipinski definition) is 4. The Hall–Kier alpha value is -1.69. The van der Waals surface area contributed by atoms with Gasteiger partial charge in [-0.3, -0.25) is 4.79 Å². The molecule has 2 N–H and O–H groups in total. The fourth-order valence-corrected chi connectivity index (χ4v) is 5.65. The normalized spacial score (nSPS) is 35.4. The highest BCUT2D eigenvalue weighted by Gasteiger charge is 2.44. The summed E-state index contributed by atoms with van der Waals surface area (Å²) >= 11 is 0. The summed E-state index contributed by atoms with van der Waals surface area (Å²) in [5, 5.41) is 21.6. The van der Waals surface area contributed by atoms with E-state index in [-0.39, 0.29) is 36.8 Å². The lowest BCUT2D eigenvalue weighted by molar-refractivity contribution is -0.222. The van der Waals surface area contributed by atoms with Crippen molar-refractivity contribution in [3.05, 3.63) is 47.1 Å². The molecular formula is C27H41NO4. The third-order valence-electron chi connectivity index (χ3n) is 8.02. The third kappa shape index (κ3) is 4.95. The smallest absolute Gasteiger partial charge is 0.248 e. The van der Waals surface area contributed by atoms with Gasteiger partial charge in [-0.2, -0.15) is 0 Å². The highest BCUT2D eigenvalue weighted by molar-refractivity contribution is 5.77. The van der Waals surface area contributed by atoms with Crippen LogP contribution in [0.1, 0.15) is 72.6 Å². The number of aliphatic hydroxyl groups excluding tert-OH is 1. The van der Waals surface area contributed by atoms with Gasteiger partial charge in [0.2, 0.25) is 5.91 Å². The molecule has 0 bridgehead atoms. The number of aliphatic hydroxyl groups is 2. The van der Waals surface area contributed by atoms with Crippen LogP contribution in [0, 0.1) is 11.3 Å². The quantitative estimate of drug-likeness (QED) is 0.462. The number of fused-ring (bicyclic) bond motifs is 1. The molecule has 0 radical (unpaired) electrons. The number of hydrogen-bond donors (Lipinski definition) is 2. The molecule has 0 spiro atoms. The Morgan fingerprint density at radius 2 is 2.12 bits per heavy atom. The molecule has 5 nitrogen and oxygen atoms in total. The monoisotopic (exact) mass is 443 g/mol. The van der Waals surface area contributed by atoms with Crippen molar-refractivity contribution >= 4 is 5.91 Å². The molecule has 2 fully saturated rings. The lowest BCUT2D eigenvalue weighted by Crippen LogP contribution is -2.45. The summed E-state index contributed by atoms with van der Waals surface area (Å²) in [7, 11) is 1.72. The van der Waals surface area contributed by atoms with Crippen molar-refractivity contribution in [1.29, 1.82) is 0 Å². The first-order valence-electron chi connectivity index (χ1n) is 12.1. The Kier molecular flexibility index (Phi) is 7.53. The molecule has 4 atom stereocenters. The van der Waals surface area contributed by atoms with E-state index in [4.69, 9.17) is 4.74 Å². The molecular weight excluding hydrogens is 402 g/mol. The van der Waals surface area contributed by atoms with Gasteiger partial charge in [0.1, 0.15) is 6.61 Å². The molecule has 2 saturated carbocycles. The molecule has 0 aliphatic heterocycles. The Bertz CT molecular complexity index is 839. The molecule has 0 heterocycles. The van der Waals surface area contributed by atoms with Crippen LogP contribution in [0.4, 0.5) is 0 Å². The first-order chi connectivity index (χ1) is 15.0. The maximum Gasteiger partial charge on any atom is 0.248 e. The molecule has 0 aromatic carbocycles. The van der Waals surface area contributed by atoms with Crippen molar-refractivity contribution in [1.82, 2.24) is 4.90 Å². The molecule has 3 rings (SSSR count). The average molecular weight is 444 g/mol. The van der Waals surface area contributed by atoms with Crippen molar-refractivity contribution in [3.63, 3.8) is 0 Å². The first-order valence-corrected chi connectivity index (χ1v) is 12.1. The average Bonchev–Trinajstić information content (AvgIpc) is 3.09. The van der Waals surface area contributed by atoms with E-state index in [1.165, 1.54) is 18.4 Å². The van der Waals surface area contributed by atoms with Gasteiger partial charge in [0.15, 0.2) is 5.79 Å². The van der Waals surface area contributed by atoms with Crippen LogP contribution in [-0.2, 0) is 9.53 Å². The molecule has 0 unspecified atom stereocenters. The summed E-state index contributed by atoms with van der Waals surface area (Å²) in [5.41, 5.74) is 4.69. The maximum atomic E-state index is 12.3.